The molecule has 4 fully saturated rings. The number of piperazine rings is 1. The van der Waals surface area contributed by atoms with Gasteiger partial charge >= 0.3 is 0 Å². The van der Waals surface area contributed by atoms with Gasteiger partial charge in [-0.1, -0.05) is 0 Å². The van der Waals surface area contributed by atoms with Crippen LogP contribution in [0.4, 0.5) is 0 Å². The highest BCUT2D eigenvalue weighted by Crippen LogP contribution is 2.27. The molecular formula is C22H35N5O7. The molecule has 7 atom stereocenters. The van der Waals surface area contributed by atoms with Gasteiger partial charge in [0.1, 0.15) is 24.4 Å². The molecule has 12 heteroatoms. The molecule has 4 amide bonds. The van der Waals surface area contributed by atoms with Crippen molar-refractivity contribution < 1.29 is 34.1 Å². The monoisotopic (exact) mass is 481 g/mol. The zero-order chi connectivity index (χ0) is 24.7. The standard InChI is InChI=1S/C22H35N5O7/c1-11(2)27-9-13-6-14(27)22(33)25-4-5-26(12(3)28)15(10-25)21(32)23-8-17-20(31)19(30)16(34-17)7-18(29)24-13/h11,13-17,19-20,30-31H,4-10H2,1-3H3,(H,23,32)(H,24,29)/t13-,14-,15-,16-,17+,19-,20+/m0/s1. The van der Waals surface area contributed by atoms with Gasteiger partial charge in [-0.2, -0.15) is 0 Å². The molecule has 0 aromatic rings. The Kier molecular flexibility index (Phi) is 7.13. The average molecular weight is 482 g/mol. The molecule has 0 spiro atoms. The molecule has 4 N–H and O–H groups in total. The smallest absolute Gasteiger partial charge is 0.244 e. The molecule has 0 saturated carbocycles. The van der Waals surface area contributed by atoms with Gasteiger partial charge in [0.15, 0.2) is 0 Å². The fraction of sp³-hybridized carbons (Fsp3) is 0.818. The Balaban J connectivity index is 1.62. The quantitative estimate of drug-likeness (QED) is 0.310. The van der Waals surface area contributed by atoms with E-state index in [-0.39, 0.29) is 55.9 Å². The van der Waals surface area contributed by atoms with Crippen LogP contribution in [-0.4, -0.2) is 130 Å². The lowest BCUT2D eigenvalue weighted by atomic mass is 10.0. The van der Waals surface area contributed by atoms with Gasteiger partial charge in [-0.05, 0) is 20.3 Å². The fourth-order valence-corrected chi connectivity index (χ4v) is 5.53. The van der Waals surface area contributed by atoms with Crippen molar-refractivity contribution in [2.45, 2.75) is 82.2 Å². The minimum atomic E-state index is -1.27. The number of likely N-dealkylation sites (tertiary alicyclic amines) is 1. The van der Waals surface area contributed by atoms with Crippen LogP contribution in [0.15, 0.2) is 0 Å². The SMILES string of the molecule is CC(=O)N1CCN2C[C@H]1C(=O)NC[C@H]1O[C@@H](CC(=O)N[C@H]3C[C@@H](C2=O)N(C(C)C)C3)[C@H](O)[C@@H]1O. The van der Waals surface area contributed by atoms with Crippen molar-refractivity contribution in [1.29, 1.82) is 0 Å². The summed E-state index contributed by atoms with van der Waals surface area (Å²) in [5.41, 5.74) is 0. The Morgan fingerprint density at radius 3 is 2.44 bits per heavy atom. The van der Waals surface area contributed by atoms with Gasteiger partial charge in [0.2, 0.25) is 23.6 Å². The van der Waals surface area contributed by atoms with Gasteiger partial charge in [0.25, 0.3) is 0 Å². The van der Waals surface area contributed by atoms with Crippen molar-refractivity contribution in [3.05, 3.63) is 0 Å². The maximum absolute atomic E-state index is 13.5. The third kappa shape index (κ3) is 4.77. The van der Waals surface area contributed by atoms with E-state index in [0.29, 0.717) is 19.5 Å². The number of amides is 4. The van der Waals surface area contributed by atoms with Crippen LogP contribution in [0.25, 0.3) is 0 Å². The average Bonchev–Trinajstić information content (AvgIpc) is 3.32. The number of hydrogen-bond acceptors (Lipinski definition) is 8. The minimum absolute atomic E-state index is 0.0586. The van der Waals surface area contributed by atoms with E-state index in [0.717, 1.165) is 0 Å². The molecule has 4 rings (SSSR count). The minimum Gasteiger partial charge on any atom is -0.388 e. The second kappa shape index (κ2) is 9.76. The lowest BCUT2D eigenvalue weighted by molar-refractivity contribution is -0.149. The molecule has 0 aliphatic carbocycles. The van der Waals surface area contributed by atoms with Crippen LogP contribution in [0.2, 0.25) is 0 Å². The van der Waals surface area contributed by atoms with Crippen LogP contribution in [0.1, 0.15) is 33.6 Å². The Morgan fingerprint density at radius 1 is 1.06 bits per heavy atom. The van der Waals surface area contributed by atoms with Crippen molar-refractivity contribution in [2.75, 3.05) is 32.7 Å². The summed E-state index contributed by atoms with van der Waals surface area (Å²) in [6, 6.07) is -1.52. The first-order valence-electron chi connectivity index (χ1n) is 12.0. The Labute approximate surface area is 198 Å². The predicted molar refractivity (Wildman–Crippen MR) is 118 cm³/mol. The highest BCUT2D eigenvalue weighted by Gasteiger charge is 2.46. The lowest BCUT2D eigenvalue weighted by Crippen LogP contribution is -2.63. The molecule has 4 aliphatic heterocycles. The normalized spacial score (nSPS) is 37.7. The first-order chi connectivity index (χ1) is 16.1. The highest BCUT2D eigenvalue weighted by molar-refractivity contribution is 5.89. The molecule has 4 aliphatic rings. The number of hydrogen-bond donors (Lipinski definition) is 4. The van der Waals surface area contributed by atoms with Gasteiger partial charge in [-0.3, -0.25) is 24.1 Å². The molecule has 190 valence electrons. The molecule has 4 saturated heterocycles. The van der Waals surface area contributed by atoms with Crippen molar-refractivity contribution in [3.8, 4) is 0 Å². The second-order valence-electron chi connectivity index (χ2n) is 9.96. The summed E-state index contributed by atoms with van der Waals surface area (Å²) in [5.74, 6) is -1.17. The Bertz CT molecular complexity index is 838. The van der Waals surface area contributed by atoms with Gasteiger partial charge in [-0.25, -0.2) is 0 Å². The number of rotatable bonds is 1. The zero-order valence-corrected chi connectivity index (χ0v) is 19.8. The summed E-state index contributed by atoms with van der Waals surface area (Å²) in [4.78, 5) is 56.6. The fourth-order valence-electron chi connectivity index (χ4n) is 5.53. The largest absolute Gasteiger partial charge is 0.388 e. The molecular weight excluding hydrogens is 446 g/mol. The summed E-state index contributed by atoms with van der Waals surface area (Å²) in [5, 5.41) is 26.4. The van der Waals surface area contributed by atoms with E-state index < -0.39 is 42.4 Å². The van der Waals surface area contributed by atoms with E-state index in [1.54, 1.807) is 4.90 Å². The lowest BCUT2D eigenvalue weighted by Gasteiger charge is -2.42. The summed E-state index contributed by atoms with van der Waals surface area (Å²) >= 11 is 0. The van der Waals surface area contributed by atoms with Crippen LogP contribution < -0.4 is 10.6 Å². The maximum Gasteiger partial charge on any atom is 0.244 e. The van der Waals surface area contributed by atoms with Crippen LogP contribution in [0.3, 0.4) is 0 Å². The number of carbonyl (C=O) groups excluding carboxylic acids is 4. The number of fused-ring (bicyclic) bond motifs is 6. The summed E-state index contributed by atoms with van der Waals surface area (Å²) < 4.78 is 5.71. The maximum atomic E-state index is 13.5. The van der Waals surface area contributed by atoms with Crippen LogP contribution >= 0.6 is 0 Å². The Morgan fingerprint density at radius 2 is 1.76 bits per heavy atom. The second-order valence-corrected chi connectivity index (χ2v) is 9.96. The van der Waals surface area contributed by atoms with E-state index in [9.17, 15) is 29.4 Å². The van der Waals surface area contributed by atoms with E-state index in [1.165, 1.54) is 11.8 Å². The first-order valence-corrected chi connectivity index (χ1v) is 12.0. The van der Waals surface area contributed by atoms with Crippen LogP contribution in [-0.2, 0) is 23.9 Å². The molecule has 34 heavy (non-hydrogen) atoms. The number of aliphatic hydroxyl groups excluding tert-OH is 2. The topological polar surface area (TPSA) is 152 Å². The third-order valence-electron chi connectivity index (χ3n) is 7.38. The van der Waals surface area contributed by atoms with Gasteiger partial charge in [0.05, 0.1) is 25.1 Å². The molecule has 4 heterocycles. The summed E-state index contributed by atoms with van der Waals surface area (Å²) in [6.07, 6.45) is -4.08. The van der Waals surface area contributed by atoms with E-state index in [1.807, 2.05) is 18.7 Å². The highest BCUT2D eigenvalue weighted by atomic mass is 16.5. The van der Waals surface area contributed by atoms with E-state index in [4.69, 9.17) is 4.74 Å². The predicted octanol–water partition coefficient (Wildman–Crippen LogP) is -2.98. The molecule has 12 nitrogen and oxygen atoms in total. The number of ether oxygens (including phenoxy) is 1. The van der Waals surface area contributed by atoms with Crippen LogP contribution in [0.5, 0.6) is 0 Å². The number of aliphatic hydroxyl groups is 2. The van der Waals surface area contributed by atoms with Gasteiger partial charge in [0, 0.05) is 45.2 Å². The third-order valence-corrected chi connectivity index (χ3v) is 7.38. The van der Waals surface area contributed by atoms with E-state index in [2.05, 4.69) is 10.6 Å². The summed E-state index contributed by atoms with van der Waals surface area (Å²) in [6.45, 7) is 6.37. The molecule has 0 unspecified atom stereocenters. The molecule has 0 aromatic carbocycles. The van der Waals surface area contributed by atoms with Crippen molar-refractivity contribution in [1.82, 2.24) is 25.3 Å². The molecule has 6 bridgehead atoms. The van der Waals surface area contributed by atoms with Crippen molar-refractivity contribution >= 4 is 23.6 Å². The molecule has 0 aromatic heterocycles. The number of nitrogens with zero attached hydrogens (tertiary/aromatic N) is 3. The summed E-state index contributed by atoms with van der Waals surface area (Å²) in [7, 11) is 0. The van der Waals surface area contributed by atoms with Gasteiger partial charge in [-0.15, -0.1) is 0 Å². The van der Waals surface area contributed by atoms with Gasteiger partial charge < -0.3 is 35.4 Å². The van der Waals surface area contributed by atoms with Crippen molar-refractivity contribution in [3.63, 3.8) is 0 Å². The van der Waals surface area contributed by atoms with Crippen molar-refractivity contribution in [2.24, 2.45) is 0 Å². The van der Waals surface area contributed by atoms with E-state index >= 15 is 0 Å². The number of carbonyl (C=O) groups is 4. The Hall–Kier alpha value is -2.28. The zero-order valence-electron chi connectivity index (χ0n) is 19.8. The molecule has 0 radical (unpaired) electrons. The van der Waals surface area contributed by atoms with Crippen LogP contribution in [0, 0.1) is 0 Å². The number of nitrogens with one attached hydrogen (secondary N) is 2. The first kappa shape index (κ1) is 24.8.